The molecule has 7 heteroatoms. The molecule has 0 unspecified atom stereocenters. The van der Waals surface area contributed by atoms with E-state index in [0.29, 0.717) is 18.2 Å². The summed E-state index contributed by atoms with van der Waals surface area (Å²) in [5.74, 6) is -0.636. The smallest absolute Gasteiger partial charge is 0.385 e. The molecular weight excluding hydrogens is 283 g/mol. The molecule has 4 nitrogen and oxygen atoms in total. The third kappa shape index (κ3) is 4.10. The summed E-state index contributed by atoms with van der Waals surface area (Å²) in [5.41, 5.74) is 3.84. The van der Waals surface area contributed by atoms with Crippen LogP contribution in [-0.4, -0.2) is 25.5 Å². The quantitative estimate of drug-likeness (QED) is 0.799. The summed E-state index contributed by atoms with van der Waals surface area (Å²) in [6.07, 6.45) is -2.60. The summed E-state index contributed by atoms with van der Waals surface area (Å²) >= 11 is 0. The Bertz CT molecular complexity index is 511. The third-order valence-corrected chi connectivity index (χ3v) is 3.64. The highest BCUT2D eigenvalue weighted by Crippen LogP contribution is 2.33. The molecule has 1 aromatic rings. The summed E-state index contributed by atoms with van der Waals surface area (Å²) in [6.45, 7) is 2.48. The fourth-order valence-electron chi connectivity index (χ4n) is 2.45. The number of hydrogen-bond donors (Lipinski definition) is 3. The van der Waals surface area contributed by atoms with Crippen LogP contribution in [0.2, 0.25) is 0 Å². The highest BCUT2D eigenvalue weighted by molar-refractivity contribution is 5.95. The minimum absolute atomic E-state index is 0.353. The Hall–Kier alpha value is -1.76. The Morgan fingerprint density at radius 1 is 1.33 bits per heavy atom. The van der Waals surface area contributed by atoms with Gasteiger partial charge in [-0.2, -0.15) is 13.2 Å². The first-order valence-electron chi connectivity index (χ1n) is 6.83. The van der Waals surface area contributed by atoms with E-state index < -0.39 is 23.2 Å². The molecule has 1 saturated heterocycles. The minimum atomic E-state index is -4.60. The van der Waals surface area contributed by atoms with Crippen molar-refractivity contribution in [1.82, 2.24) is 5.32 Å². The van der Waals surface area contributed by atoms with Crippen molar-refractivity contribution in [3.63, 3.8) is 0 Å². The van der Waals surface area contributed by atoms with Crippen LogP contribution in [0.5, 0.6) is 0 Å². The van der Waals surface area contributed by atoms with E-state index >= 15 is 0 Å². The molecule has 4 N–H and O–H groups in total. The minimum Gasteiger partial charge on any atom is -0.385 e. The fraction of sp³-hybridized carbons (Fsp3) is 0.500. The van der Waals surface area contributed by atoms with Crippen LogP contribution < -0.4 is 16.4 Å². The molecule has 1 aliphatic rings. The van der Waals surface area contributed by atoms with Gasteiger partial charge in [-0.25, -0.2) is 0 Å². The Kier molecular flexibility index (Phi) is 4.72. The number of hydrogen-bond acceptors (Lipinski definition) is 3. The number of nitrogens with one attached hydrogen (secondary N) is 2. The lowest BCUT2D eigenvalue weighted by Crippen LogP contribution is -2.31. The number of piperidine rings is 1. The van der Waals surface area contributed by atoms with Crippen molar-refractivity contribution >= 4 is 11.6 Å². The standard InChI is InChI=1S/C14H18F3N3O/c15-14(16,17)12-7-10(1-2-11(12)13(18)21)20-8-9-3-5-19-6-4-9/h1-2,7,9,19-20H,3-6,8H2,(H2,18,21). The van der Waals surface area contributed by atoms with Gasteiger partial charge in [-0.15, -0.1) is 0 Å². The first-order valence-corrected chi connectivity index (χ1v) is 6.83. The lowest BCUT2D eigenvalue weighted by atomic mass is 9.98. The van der Waals surface area contributed by atoms with Crippen molar-refractivity contribution in [2.45, 2.75) is 19.0 Å². The van der Waals surface area contributed by atoms with Gasteiger partial charge in [0.1, 0.15) is 0 Å². The van der Waals surface area contributed by atoms with Crippen molar-refractivity contribution in [3.05, 3.63) is 29.3 Å². The average molecular weight is 301 g/mol. The van der Waals surface area contributed by atoms with Gasteiger partial charge in [0.25, 0.3) is 0 Å². The largest absolute Gasteiger partial charge is 0.417 e. The number of amides is 1. The molecule has 1 amide bonds. The van der Waals surface area contributed by atoms with Crippen molar-refractivity contribution < 1.29 is 18.0 Å². The van der Waals surface area contributed by atoms with Crippen LogP contribution in [0.3, 0.4) is 0 Å². The molecule has 2 rings (SSSR count). The van der Waals surface area contributed by atoms with Gasteiger partial charge in [0.15, 0.2) is 0 Å². The van der Waals surface area contributed by atoms with Crippen molar-refractivity contribution in [3.8, 4) is 0 Å². The third-order valence-electron chi connectivity index (χ3n) is 3.64. The van der Waals surface area contributed by atoms with Gasteiger partial charge in [-0.3, -0.25) is 4.79 Å². The van der Waals surface area contributed by atoms with Crippen molar-refractivity contribution in [2.75, 3.05) is 25.0 Å². The summed E-state index contributed by atoms with van der Waals surface area (Å²) in [6, 6.07) is 3.52. The Morgan fingerprint density at radius 3 is 2.57 bits per heavy atom. The van der Waals surface area contributed by atoms with Gasteiger partial charge >= 0.3 is 6.18 Å². The topological polar surface area (TPSA) is 67.2 Å². The fourth-order valence-corrected chi connectivity index (χ4v) is 2.45. The predicted molar refractivity (Wildman–Crippen MR) is 74.0 cm³/mol. The molecule has 0 aliphatic carbocycles. The average Bonchev–Trinajstić information content (AvgIpc) is 2.45. The zero-order chi connectivity index (χ0) is 15.5. The lowest BCUT2D eigenvalue weighted by Gasteiger charge is -2.23. The van der Waals surface area contributed by atoms with Gasteiger partial charge in [-0.05, 0) is 50.0 Å². The maximum absolute atomic E-state index is 12.9. The number of carbonyl (C=O) groups excluding carboxylic acids is 1. The predicted octanol–water partition coefficient (Wildman–Crippen LogP) is 2.22. The van der Waals surface area contributed by atoms with E-state index in [0.717, 1.165) is 38.1 Å². The molecule has 1 fully saturated rings. The molecule has 0 saturated carbocycles. The maximum Gasteiger partial charge on any atom is 0.417 e. The molecule has 0 bridgehead atoms. The molecule has 21 heavy (non-hydrogen) atoms. The van der Waals surface area contributed by atoms with Gasteiger partial charge in [-0.1, -0.05) is 0 Å². The van der Waals surface area contributed by atoms with Crippen LogP contribution in [-0.2, 0) is 6.18 Å². The molecule has 1 heterocycles. The second-order valence-corrected chi connectivity index (χ2v) is 5.20. The molecular formula is C14H18F3N3O. The number of carbonyl (C=O) groups is 1. The number of halogens is 3. The summed E-state index contributed by atoms with van der Waals surface area (Å²) < 4.78 is 38.8. The molecule has 116 valence electrons. The highest BCUT2D eigenvalue weighted by Gasteiger charge is 2.35. The zero-order valence-electron chi connectivity index (χ0n) is 11.5. The van der Waals surface area contributed by atoms with Crippen LogP contribution in [0.1, 0.15) is 28.8 Å². The second-order valence-electron chi connectivity index (χ2n) is 5.20. The van der Waals surface area contributed by atoms with Gasteiger partial charge < -0.3 is 16.4 Å². The Balaban J connectivity index is 2.11. The Labute approximate surface area is 120 Å². The number of rotatable bonds is 4. The van der Waals surface area contributed by atoms with Gasteiger partial charge in [0.05, 0.1) is 11.1 Å². The normalized spacial score (nSPS) is 16.7. The molecule has 1 aliphatic heterocycles. The number of nitrogens with two attached hydrogens (primary N) is 1. The Morgan fingerprint density at radius 2 is 2.00 bits per heavy atom. The maximum atomic E-state index is 12.9. The van der Waals surface area contributed by atoms with Crippen LogP contribution in [0.15, 0.2) is 18.2 Å². The van der Waals surface area contributed by atoms with Crippen LogP contribution in [0, 0.1) is 5.92 Å². The van der Waals surface area contributed by atoms with Crippen molar-refractivity contribution in [1.29, 1.82) is 0 Å². The molecule has 0 radical (unpaired) electrons. The van der Waals surface area contributed by atoms with E-state index in [4.69, 9.17) is 5.73 Å². The summed E-state index contributed by atoms with van der Waals surface area (Å²) in [5, 5.41) is 6.25. The first kappa shape index (κ1) is 15.6. The van der Waals surface area contributed by atoms with Crippen molar-refractivity contribution in [2.24, 2.45) is 11.7 Å². The van der Waals surface area contributed by atoms with E-state index in [1.807, 2.05) is 0 Å². The highest BCUT2D eigenvalue weighted by atomic mass is 19.4. The van der Waals surface area contributed by atoms with E-state index in [-0.39, 0.29) is 0 Å². The van der Waals surface area contributed by atoms with E-state index in [2.05, 4.69) is 10.6 Å². The van der Waals surface area contributed by atoms with E-state index in [1.165, 1.54) is 6.07 Å². The summed E-state index contributed by atoms with van der Waals surface area (Å²) in [4.78, 5) is 11.1. The second kappa shape index (κ2) is 6.34. The molecule has 0 atom stereocenters. The van der Waals surface area contributed by atoms with Gasteiger partial charge in [0.2, 0.25) is 5.91 Å². The number of primary amides is 1. The lowest BCUT2D eigenvalue weighted by molar-refractivity contribution is -0.137. The number of anilines is 1. The van der Waals surface area contributed by atoms with Gasteiger partial charge in [0, 0.05) is 12.2 Å². The molecule has 1 aromatic carbocycles. The van der Waals surface area contributed by atoms with E-state index in [9.17, 15) is 18.0 Å². The van der Waals surface area contributed by atoms with Crippen LogP contribution >= 0.6 is 0 Å². The number of alkyl halides is 3. The van der Waals surface area contributed by atoms with Crippen LogP contribution in [0.4, 0.5) is 18.9 Å². The number of benzene rings is 1. The monoisotopic (exact) mass is 301 g/mol. The molecule has 0 spiro atoms. The summed E-state index contributed by atoms with van der Waals surface area (Å²) in [7, 11) is 0. The SMILES string of the molecule is NC(=O)c1ccc(NCC2CCNCC2)cc1C(F)(F)F. The van der Waals surface area contributed by atoms with Crippen LogP contribution in [0.25, 0.3) is 0 Å². The zero-order valence-corrected chi connectivity index (χ0v) is 11.5. The van der Waals surface area contributed by atoms with E-state index in [1.54, 1.807) is 0 Å². The first-order chi connectivity index (χ1) is 9.88. The molecule has 0 aromatic heterocycles.